The molecule has 0 unspecified atom stereocenters. The van der Waals surface area contributed by atoms with E-state index in [0.29, 0.717) is 6.54 Å². The van der Waals surface area contributed by atoms with Gasteiger partial charge in [0.15, 0.2) is 0 Å². The lowest BCUT2D eigenvalue weighted by atomic mass is 10.1. The normalized spacial score (nSPS) is 10.3. The van der Waals surface area contributed by atoms with Crippen molar-refractivity contribution in [3.8, 4) is 0 Å². The Hall–Kier alpha value is -2.14. The van der Waals surface area contributed by atoms with Gasteiger partial charge in [0.25, 0.3) is 0 Å². The second-order valence-electron chi connectivity index (χ2n) is 4.54. The summed E-state index contributed by atoms with van der Waals surface area (Å²) in [5.74, 6) is 0.184. The molecule has 0 saturated heterocycles. The van der Waals surface area contributed by atoms with E-state index in [1.54, 1.807) is 0 Å². The highest BCUT2D eigenvalue weighted by Crippen LogP contribution is 2.24. The lowest BCUT2D eigenvalue weighted by Crippen LogP contribution is -2.06. The summed E-state index contributed by atoms with van der Waals surface area (Å²) in [7, 11) is 0. The van der Waals surface area contributed by atoms with Crippen LogP contribution < -0.4 is 5.32 Å². The fraction of sp³-hybridized carbons (Fsp3) is 0.214. The maximum atomic E-state index is 10.9. The Morgan fingerprint density at radius 1 is 1.30 bits per heavy atom. The number of nitrogens with one attached hydrogen (secondary N) is 1. The molecule has 0 saturated carbocycles. The van der Waals surface area contributed by atoms with Gasteiger partial charge < -0.3 is 5.32 Å². The summed E-state index contributed by atoms with van der Waals surface area (Å²) in [6.07, 6.45) is 0. The van der Waals surface area contributed by atoms with Gasteiger partial charge in [-0.05, 0) is 31.0 Å². The van der Waals surface area contributed by atoms with Crippen LogP contribution in [0.15, 0.2) is 30.3 Å². The molecule has 0 fully saturated rings. The van der Waals surface area contributed by atoms with Gasteiger partial charge in [-0.3, -0.25) is 10.1 Å². The molecule has 104 valence electrons. The second kappa shape index (κ2) is 5.88. The second-order valence-corrected chi connectivity index (χ2v) is 4.93. The van der Waals surface area contributed by atoms with E-state index in [1.165, 1.54) is 12.1 Å². The summed E-state index contributed by atoms with van der Waals surface area (Å²) in [6.45, 7) is 4.46. The third-order valence-corrected chi connectivity index (χ3v) is 3.20. The quantitative estimate of drug-likeness (QED) is 0.527. The summed E-state index contributed by atoms with van der Waals surface area (Å²) < 4.78 is 0. The van der Waals surface area contributed by atoms with E-state index < -0.39 is 4.92 Å². The van der Waals surface area contributed by atoms with Crippen LogP contribution >= 0.6 is 11.6 Å². The minimum Gasteiger partial charge on any atom is -0.360 e. The van der Waals surface area contributed by atoms with Crippen molar-refractivity contribution in [1.82, 2.24) is 4.98 Å². The molecule has 1 heterocycles. The molecule has 5 nitrogen and oxygen atoms in total. The molecular weight excluding hydrogens is 278 g/mol. The first kappa shape index (κ1) is 14.3. The van der Waals surface area contributed by atoms with Gasteiger partial charge in [-0.25, -0.2) is 4.98 Å². The minimum atomic E-state index is -0.477. The Morgan fingerprint density at radius 3 is 2.75 bits per heavy atom. The van der Waals surface area contributed by atoms with Crippen LogP contribution in [0.3, 0.4) is 0 Å². The van der Waals surface area contributed by atoms with Gasteiger partial charge >= 0.3 is 5.69 Å². The zero-order chi connectivity index (χ0) is 14.7. The van der Waals surface area contributed by atoms with Crippen molar-refractivity contribution < 1.29 is 4.92 Å². The largest absolute Gasteiger partial charge is 0.360 e. The topological polar surface area (TPSA) is 68.1 Å². The first-order valence-electron chi connectivity index (χ1n) is 6.08. The van der Waals surface area contributed by atoms with Crippen LogP contribution in [0.4, 0.5) is 11.5 Å². The highest BCUT2D eigenvalue weighted by molar-refractivity contribution is 6.29. The number of aryl methyl sites for hydroxylation is 2. The zero-order valence-electron chi connectivity index (χ0n) is 11.2. The zero-order valence-corrected chi connectivity index (χ0v) is 11.9. The molecule has 0 atom stereocenters. The van der Waals surface area contributed by atoms with E-state index in [-0.39, 0.29) is 16.7 Å². The molecule has 0 aliphatic heterocycles. The van der Waals surface area contributed by atoms with Crippen molar-refractivity contribution in [3.63, 3.8) is 0 Å². The number of halogens is 1. The number of benzene rings is 1. The van der Waals surface area contributed by atoms with Gasteiger partial charge in [-0.1, -0.05) is 35.4 Å². The van der Waals surface area contributed by atoms with E-state index in [2.05, 4.69) is 10.3 Å². The standard InChI is InChI=1S/C14H14ClN3O2/c1-9-3-4-10(2)11(7-9)8-16-14-12(18(19)20)5-6-13(15)17-14/h3-7H,8H2,1-2H3,(H,16,17). The van der Waals surface area contributed by atoms with Gasteiger partial charge in [0.2, 0.25) is 5.82 Å². The Balaban J connectivity index is 2.24. The molecule has 0 amide bonds. The maximum absolute atomic E-state index is 10.9. The molecule has 0 radical (unpaired) electrons. The van der Waals surface area contributed by atoms with Crippen molar-refractivity contribution in [1.29, 1.82) is 0 Å². The number of nitro groups is 1. The lowest BCUT2D eigenvalue weighted by Gasteiger charge is -2.09. The van der Waals surface area contributed by atoms with Crippen molar-refractivity contribution >= 4 is 23.1 Å². The fourth-order valence-corrected chi connectivity index (χ4v) is 2.02. The molecule has 0 bridgehead atoms. The Bertz CT molecular complexity index is 659. The SMILES string of the molecule is Cc1ccc(C)c(CNc2nc(Cl)ccc2[N+](=O)[O-])c1. The summed E-state index contributed by atoms with van der Waals surface area (Å²) in [5, 5.41) is 14.2. The smallest absolute Gasteiger partial charge is 0.311 e. The molecule has 0 aliphatic rings. The van der Waals surface area contributed by atoms with E-state index in [4.69, 9.17) is 11.6 Å². The van der Waals surface area contributed by atoms with Gasteiger partial charge in [-0.2, -0.15) is 0 Å². The summed E-state index contributed by atoms with van der Waals surface area (Å²) in [4.78, 5) is 14.4. The lowest BCUT2D eigenvalue weighted by molar-refractivity contribution is -0.384. The number of hydrogen-bond donors (Lipinski definition) is 1. The highest BCUT2D eigenvalue weighted by Gasteiger charge is 2.15. The van der Waals surface area contributed by atoms with Crippen LogP contribution in [-0.4, -0.2) is 9.91 Å². The van der Waals surface area contributed by atoms with E-state index >= 15 is 0 Å². The molecule has 2 rings (SSSR count). The van der Waals surface area contributed by atoms with E-state index in [0.717, 1.165) is 16.7 Å². The molecule has 1 aromatic heterocycles. The highest BCUT2D eigenvalue weighted by atomic mass is 35.5. The van der Waals surface area contributed by atoms with Gasteiger partial charge in [-0.15, -0.1) is 0 Å². The number of pyridine rings is 1. The van der Waals surface area contributed by atoms with Crippen molar-refractivity contribution in [2.75, 3.05) is 5.32 Å². The number of nitrogens with zero attached hydrogens (tertiary/aromatic N) is 2. The van der Waals surface area contributed by atoms with Crippen LogP contribution in [0.25, 0.3) is 0 Å². The van der Waals surface area contributed by atoms with Crippen molar-refractivity contribution in [2.45, 2.75) is 20.4 Å². The number of anilines is 1. The van der Waals surface area contributed by atoms with Gasteiger partial charge in [0.05, 0.1) is 4.92 Å². The molecule has 1 N–H and O–H groups in total. The third-order valence-electron chi connectivity index (χ3n) is 2.99. The van der Waals surface area contributed by atoms with Crippen LogP contribution in [0.5, 0.6) is 0 Å². The molecule has 20 heavy (non-hydrogen) atoms. The number of rotatable bonds is 4. The maximum Gasteiger partial charge on any atom is 0.311 e. The Kier molecular flexibility index (Phi) is 4.20. The van der Waals surface area contributed by atoms with Crippen molar-refractivity contribution in [3.05, 3.63) is 62.3 Å². The summed E-state index contributed by atoms with van der Waals surface area (Å²) in [6, 6.07) is 8.84. The molecule has 1 aromatic carbocycles. The van der Waals surface area contributed by atoms with Crippen molar-refractivity contribution in [2.24, 2.45) is 0 Å². The van der Waals surface area contributed by atoms with E-state index in [1.807, 2.05) is 32.0 Å². The Morgan fingerprint density at radius 2 is 2.05 bits per heavy atom. The number of hydrogen-bond acceptors (Lipinski definition) is 4. The van der Waals surface area contributed by atoms with E-state index in [9.17, 15) is 10.1 Å². The predicted octanol–water partition coefficient (Wildman–Crippen LogP) is 3.87. The summed E-state index contributed by atoms with van der Waals surface area (Å²) in [5.41, 5.74) is 3.24. The minimum absolute atomic E-state index is 0.0836. The summed E-state index contributed by atoms with van der Waals surface area (Å²) >= 11 is 5.79. The first-order valence-corrected chi connectivity index (χ1v) is 6.46. The molecule has 0 spiro atoms. The fourth-order valence-electron chi connectivity index (χ4n) is 1.88. The average Bonchev–Trinajstić information content (AvgIpc) is 2.39. The molecular formula is C14H14ClN3O2. The predicted molar refractivity (Wildman–Crippen MR) is 79.1 cm³/mol. The number of aromatic nitrogens is 1. The van der Waals surface area contributed by atoms with Crippen LogP contribution in [0.2, 0.25) is 5.15 Å². The molecule has 6 heteroatoms. The monoisotopic (exact) mass is 291 g/mol. The van der Waals surface area contributed by atoms with Crippen LogP contribution in [0, 0.1) is 24.0 Å². The van der Waals surface area contributed by atoms with Gasteiger partial charge in [0.1, 0.15) is 5.15 Å². The van der Waals surface area contributed by atoms with Gasteiger partial charge in [0, 0.05) is 12.6 Å². The third kappa shape index (κ3) is 3.24. The molecule has 0 aliphatic carbocycles. The van der Waals surface area contributed by atoms with Crippen LogP contribution in [-0.2, 0) is 6.54 Å². The average molecular weight is 292 g/mol. The Labute approximate surface area is 121 Å². The molecule has 2 aromatic rings. The first-order chi connectivity index (χ1) is 9.47. The van der Waals surface area contributed by atoms with Crippen LogP contribution in [0.1, 0.15) is 16.7 Å².